The van der Waals surface area contributed by atoms with Gasteiger partial charge in [0, 0.05) is 57.2 Å². The molecule has 4 aliphatic rings. The van der Waals surface area contributed by atoms with Gasteiger partial charge in [-0.05, 0) is 17.2 Å². The predicted octanol–water partition coefficient (Wildman–Crippen LogP) is 1.89. The Bertz CT molecular complexity index is 1800. The summed E-state index contributed by atoms with van der Waals surface area (Å²) in [6, 6.07) is 25.3. The minimum absolute atomic E-state index is 0.000465. The van der Waals surface area contributed by atoms with Crippen LogP contribution in [-0.2, 0) is 50.6 Å². The van der Waals surface area contributed by atoms with Crippen molar-refractivity contribution in [1.29, 1.82) is 0 Å². The van der Waals surface area contributed by atoms with Gasteiger partial charge in [-0.2, -0.15) is 5.06 Å². The average Bonchev–Trinajstić information content (AvgIpc) is 3.73. The lowest BCUT2D eigenvalue weighted by Gasteiger charge is -2.48. The molecule has 4 fully saturated rings. The summed E-state index contributed by atoms with van der Waals surface area (Å²) < 4.78 is 20.0. The molecule has 13 heteroatoms. The zero-order chi connectivity index (χ0) is 36.5. The highest BCUT2D eigenvalue weighted by molar-refractivity contribution is 5.94. The zero-order valence-corrected chi connectivity index (χ0v) is 29.0. The fourth-order valence-corrected chi connectivity index (χ4v) is 7.72. The summed E-state index contributed by atoms with van der Waals surface area (Å²) in [5.41, 5.74) is 1.55. The molecule has 6 atom stereocenters. The summed E-state index contributed by atoms with van der Waals surface area (Å²) in [7, 11) is 3.35. The van der Waals surface area contributed by atoms with Crippen LogP contribution >= 0.6 is 0 Å². The number of aliphatic hydroxyl groups excluding tert-OH is 1. The number of aliphatic hydroxyl groups is 1. The largest absolute Gasteiger partial charge is 0.458 e. The third-order valence-corrected chi connectivity index (χ3v) is 10.1. The van der Waals surface area contributed by atoms with E-state index in [0.29, 0.717) is 0 Å². The highest BCUT2D eigenvalue weighted by Gasteiger charge is 2.76. The van der Waals surface area contributed by atoms with Crippen molar-refractivity contribution in [2.24, 2.45) is 5.41 Å². The van der Waals surface area contributed by atoms with Crippen molar-refractivity contribution in [1.82, 2.24) is 20.6 Å². The molecule has 3 saturated heterocycles. The smallest absolute Gasteiger partial charge is 0.327 e. The Labute approximate surface area is 301 Å². The molecule has 1 saturated carbocycles. The highest BCUT2D eigenvalue weighted by Crippen LogP contribution is 2.59. The number of benzene rings is 3. The van der Waals surface area contributed by atoms with Gasteiger partial charge in [0.1, 0.15) is 29.8 Å². The van der Waals surface area contributed by atoms with Gasteiger partial charge < -0.3 is 34.9 Å². The molecule has 0 radical (unpaired) electrons. The minimum Gasteiger partial charge on any atom is -0.458 e. The van der Waals surface area contributed by atoms with Crippen LogP contribution in [0.25, 0.3) is 6.08 Å². The number of amides is 3. The maximum absolute atomic E-state index is 14.5. The van der Waals surface area contributed by atoms with Crippen molar-refractivity contribution in [3.8, 4) is 0 Å². The fourth-order valence-electron chi connectivity index (χ4n) is 7.72. The van der Waals surface area contributed by atoms with E-state index in [2.05, 4.69) is 10.6 Å². The van der Waals surface area contributed by atoms with Gasteiger partial charge in [-0.1, -0.05) is 84.9 Å². The molecule has 2 bridgehead atoms. The number of nitrogens with one attached hydrogen (secondary N) is 2. The molecule has 1 aliphatic carbocycles. The van der Waals surface area contributed by atoms with Crippen molar-refractivity contribution in [2.45, 2.75) is 55.6 Å². The number of esters is 1. The Kier molecular flexibility index (Phi) is 9.96. The molecule has 3 N–H and O–H groups in total. The normalized spacial score (nSPS) is 27.1. The van der Waals surface area contributed by atoms with E-state index < -0.39 is 53.5 Å². The average molecular weight is 711 g/mol. The molecule has 0 aromatic heterocycles. The van der Waals surface area contributed by atoms with Gasteiger partial charge in [0.05, 0.1) is 13.2 Å². The van der Waals surface area contributed by atoms with Gasteiger partial charge in [0.25, 0.3) is 0 Å². The van der Waals surface area contributed by atoms with Crippen molar-refractivity contribution >= 4 is 29.8 Å². The van der Waals surface area contributed by atoms with Crippen molar-refractivity contribution in [3.05, 3.63) is 113 Å². The molecule has 3 aliphatic heterocycles. The predicted molar refractivity (Wildman–Crippen MR) is 186 cm³/mol. The Morgan fingerprint density at radius 2 is 1.62 bits per heavy atom. The van der Waals surface area contributed by atoms with E-state index in [1.54, 1.807) is 20.2 Å². The van der Waals surface area contributed by atoms with E-state index >= 15 is 0 Å². The molecule has 3 amide bonds. The lowest BCUT2D eigenvalue weighted by atomic mass is 9.62. The van der Waals surface area contributed by atoms with Gasteiger partial charge >= 0.3 is 5.97 Å². The van der Waals surface area contributed by atoms with E-state index in [-0.39, 0.29) is 50.9 Å². The number of ether oxygens (including phenoxy) is 3. The molecule has 272 valence electrons. The summed E-state index contributed by atoms with van der Waals surface area (Å²) in [6.45, 7) is 0.0158. The lowest BCUT2D eigenvalue weighted by Crippen LogP contribution is -2.69. The van der Waals surface area contributed by atoms with Crippen LogP contribution in [-0.4, -0.2) is 103 Å². The van der Waals surface area contributed by atoms with Crippen molar-refractivity contribution in [2.75, 3.05) is 33.8 Å². The zero-order valence-electron chi connectivity index (χ0n) is 29.0. The standard InChI is InChI=1S/C39H42N4O9/c1-42(2)31(46)17-16-25-10-9-11-26(22-25)24-43-34-36(47)49-29-23-38(34,37(48)41-19-18-30(45)40-20-21-44)35(52-43)33-32(29)50-39(51-33,27-12-5-3-6-13-27)28-14-7-4-8-15-28/h3-17,22,29,32-35,44H,18-21,23-24H2,1-2H3,(H,40,45)(H,41,48)/t29-,32-,33-,34-,35+,38-/m0/s1. The van der Waals surface area contributed by atoms with E-state index in [1.807, 2.05) is 84.9 Å². The number of carbonyl (C=O) groups excluding carboxylic acids is 4. The number of fused-ring (bicyclic) bond motifs is 4. The molecule has 0 spiro atoms. The summed E-state index contributed by atoms with van der Waals surface area (Å²) in [5, 5.41) is 16.1. The van der Waals surface area contributed by atoms with Crippen molar-refractivity contribution < 1.29 is 43.3 Å². The van der Waals surface area contributed by atoms with Crippen molar-refractivity contribution in [3.63, 3.8) is 0 Å². The van der Waals surface area contributed by atoms with Gasteiger partial charge in [-0.3, -0.25) is 24.0 Å². The van der Waals surface area contributed by atoms with Crippen LogP contribution in [0, 0.1) is 5.41 Å². The Hall–Kier alpha value is -4.92. The third kappa shape index (κ3) is 6.39. The van der Waals surface area contributed by atoms with Crippen LogP contribution in [0.3, 0.4) is 0 Å². The Balaban J connectivity index is 1.25. The maximum Gasteiger partial charge on any atom is 0.327 e. The monoisotopic (exact) mass is 710 g/mol. The number of rotatable bonds is 12. The molecular formula is C39H42N4O9. The topological polar surface area (TPSA) is 156 Å². The van der Waals surface area contributed by atoms with E-state index in [1.165, 1.54) is 16.0 Å². The second-order valence-electron chi connectivity index (χ2n) is 13.6. The van der Waals surface area contributed by atoms with E-state index in [4.69, 9.17) is 24.2 Å². The molecular weight excluding hydrogens is 668 g/mol. The second-order valence-corrected chi connectivity index (χ2v) is 13.6. The van der Waals surface area contributed by atoms with Gasteiger partial charge in [0.15, 0.2) is 6.04 Å². The van der Waals surface area contributed by atoms with Crippen LogP contribution in [0.15, 0.2) is 91.0 Å². The van der Waals surface area contributed by atoms with Gasteiger partial charge in [-0.15, -0.1) is 0 Å². The summed E-state index contributed by atoms with van der Waals surface area (Å²) >= 11 is 0. The number of hydrogen-bond donors (Lipinski definition) is 3. The first-order valence-corrected chi connectivity index (χ1v) is 17.4. The molecule has 0 unspecified atom stereocenters. The SMILES string of the molecule is CN(C)C(=O)C=Cc1cccc(CN2O[C@@H]3[C@H]4OC(c5ccccc5)(c5ccccc5)O[C@H]4[C@@H]4C[C@]3(C(=O)NCCC(=O)NCCO)[C@@H]2C(=O)O4)c1. The van der Waals surface area contributed by atoms with Crippen LogP contribution in [0.5, 0.6) is 0 Å². The lowest BCUT2D eigenvalue weighted by molar-refractivity contribution is -0.213. The minimum atomic E-state index is -1.45. The van der Waals surface area contributed by atoms with E-state index in [0.717, 1.165) is 22.3 Å². The number of hydrogen-bond acceptors (Lipinski definition) is 10. The maximum atomic E-state index is 14.5. The number of hydroxylamine groups is 2. The third-order valence-electron chi connectivity index (χ3n) is 10.1. The summed E-state index contributed by atoms with van der Waals surface area (Å²) in [4.78, 5) is 61.3. The molecule has 3 heterocycles. The molecule has 3 aromatic carbocycles. The summed E-state index contributed by atoms with van der Waals surface area (Å²) in [6.07, 6.45) is -0.147. The van der Waals surface area contributed by atoms with Crippen LogP contribution in [0.2, 0.25) is 0 Å². The highest BCUT2D eigenvalue weighted by atomic mass is 16.8. The first kappa shape index (κ1) is 35.5. The van der Waals surface area contributed by atoms with Gasteiger partial charge in [-0.25, -0.2) is 0 Å². The summed E-state index contributed by atoms with van der Waals surface area (Å²) in [5.74, 6) is -2.96. The van der Waals surface area contributed by atoms with E-state index in [9.17, 15) is 19.2 Å². The van der Waals surface area contributed by atoms with Crippen LogP contribution in [0.4, 0.5) is 0 Å². The van der Waals surface area contributed by atoms with Crippen LogP contribution < -0.4 is 10.6 Å². The van der Waals surface area contributed by atoms with Gasteiger partial charge in [0.2, 0.25) is 23.5 Å². The first-order valence-electron chi connectivity index (χ1n) is 17.4. The molecule has 3 aromatic rings. The number of nitrogens with zero attached hydrogens (tertiary/aromatic N) is 2. The molecule has 13 nitrogen and oxygen atoms in total. The Morgan fingerprint density at radius 3 is 2.29 bits per heavy atom. The first-order chi connectivity index (χ1) is 25.2. The quantitative estimate of drug-likeness (QED) is 0.188. The second kappa shape index (κ2) is 14.6. The molecule has 52 heavy (non-hydrogen) atoms. The number of carbonyl (C=O) groups is 4. The van der Waals surface area contributed by atoms with Crippen LogP contribution in [0.1, 0.15) is 35.1 Å². The fraction of sp³-hybridized carbons (Fsp3) is 0.385. The Morgan fingerprint density at radius 1 is 0.923 bits per heavy atom. The molecule has 7 rings (SSSR count). The number of likely N-dealkylation sites (N-methyl/N-ethyl adjacent to an activating group) is 1.